The lowest BCUT2D eigenvalue weighted by Gasteiger charge is -2.32. The Labute approximate surface area is 358 Å². The summed E-state index contributed by atoms with van der Waals surface area (Å²) in [4.78, 5) is 45.7. The molecule has 0 aliphatic carbocycles. The van der Waals surface area contributed by atoms with E-state index in [2.05, 4.69) is 0 Å². The minimum Gasteiger partial charge on any atom is -0.395 e. The number of hydrogen-bond donors (Lipinski definition) is 2. The number of carbonyl (C=O) groups is 3. The van der Waals surface area contributed by atoms with Crippen molar-refractivity contribution < 1.29 is 33.4 Å². The molecule has 0 aromatic heterocycles. The monoisotopic (exact) mass is 824 g/mol. The SMILES string of the molecule is O=C(C1=CN(CCO)C=C(c2ccc(C(=O)c3ccc(C4=CN(CCO)C=C(C(=O)c5ccccc5)C4c4ccccc4F)cc3)cc2)C1c1ccccc1F)c1ccccc1. The Balaban J connectivity index is 1.11. The van der Waals surface area contributed by atoms with Crippen molar-refractivity contribution in [3.8, 4) is 0 Å². The zero-order valence-corrected chi connectivity index (χ0v) is 33.6. The van der Waals surface area contributed by atoms with E-state index in [-0.39, 0.29) is 43.7 Å². The van der Waals surface area contributed by atoms with Gasteiger partial charge in [0.1, 0.15) is 11.6 Å². The third kappa shape index (κ3) is 8.49. The van der Waals surface area contributed by atoms with Crippen LogP contribution in [0.3, 0.4) is 0 Å². The number of carbonyl (C=O) groups excluding carboxylic acids is 3. The van der Waals surface area contributed by atoms with E-state index in [1.165, 1.54) is 12.1 Å². The van der Waals surface area contributed by atoms with Crippen LogP contribution in [0.1, 0.15) is 70.7 Å². The van der Waals surface area contributed by atoms with Gasteiger partial charge in [-0.2, -0.15) is 0 Å². The van der Waals surface area contributed by atoms with E-state index >= 15 is 8.78 Å². The van der Waals surface area contributed by atoms with Gasteiger partial charge < -0.3 is 20.0 Å². The summed E-state index contributed by atoms with van der Waals surface area (Å²) in [5.74, 6) is -3.34. The maximum Gasteiger partial charge on any atom is 0.193 e. The van der Waals surface area contributed by atoms with Crippen molar-refractivity contribution in [1.29, 1.82) is 0 Å². The number of β-amino-alcohol motifs (C(OH)–C–C–N with tert-alkyl or cyclic N) is 2. The van der Waals surface area contributed by atoms with E-state index in [9.17, 15) is 24.6 Å². The van der Waals surface area contributed by atoms with Crippen LogP contribution in [-0.4, -0.2) is 63.7 Å². The molecule has 6 aromatic rings. The molecule has 0 amide bonds. The van der Waals surface area contributed by atoms with Crippen LogP contribution in [-0.2, 0) is 0 Å². The molecule has 0 saturated heterocycles. The van der Waals surface area contributed by atoms with Crippen molar-refractivity contribution in [2.45, 2.75) is 11.8 Å². The second-order valence-corrected chi connectivity index (χ2v) is 15.0. The summed E-state index contributed by atoms with van der Waals surface area (Å²) in [6, 6.07) is 44.1. The van der Waals surface area contributed by atoms with Crippen molar-refractivity contribution in [3.63, 3.8) is 0 Å². The predicted molar refractivity (Wildman–Crippen MR) is 236 cm³/mol. The minimum atomic E-state index is -0.790. The van der Waals surface area contributed by atoms with Crippen LogP contribution in [0.25, 0.3) is 11.1 Å². The summed E-state index contributed by atoms with van der Waals surface area (Å²) < 4.78 is 31.3. The van der Waals surface area contributed by atoms with Crippen LogP contribution in [0.5, 0.6) is 0 Å². The first-order valence-corrected chi connectivity index (χ1v) is 20.3. The molecule has 0 fully saturated rings. The van der Waals surface area contributed by atoms with Crippen molar-refractivity contribution >= 4 is 28.5 Å². The molecule has 308 valence electrons. The average Bonchev–Trinajstić information content (AvgIpc) is 3.32. The van der Waals surface area contributed by atoms with Crippen LogP contribution < -0.4 is 0 Å². The van der Waals surface area contributed by atoms with Crippen molar-refractivity contribution in [1.82, 2.24) is 9.80 Å². The number of Topliss-reactive ketones (excluding diaryl/α,β-unsaturated/α-hetero) is 2. The third-order valence-corrected chi connectivity index (χ3v) is 11.2. The van der Waals surface area contributed by atoms with Gasteiger partial charge in [0.05, 0.1) is 13.2 Å². The molecule has 0 saturated carbocycles. The van der Waals surface area contributed by atoms with Crippen molar-refractivity contribution in [2.75, 3.05) is 26.3 Å². The van der Waals surface area contributed by atoms with Crippen LogP contribution in [0.4, 0.5) is 8.78 Å². The molecular formula is C53H42F2N2O5. The standard InChI is InChI=1S/C53H42F2N2O5/c54-47-17-9-7-15-41(47)49-43(31-56(27-29-58)33-45(49)52(61)37-11-3-1-4-12-37)35-19-23-39(24-20-35)51(60)40-25-21-36(22-26-40)44-32-57(28-30-59)34-46(53(62)38-13-5-2-6-14-38)50(44)42-16-8-10-18-48(42)55/h1-26,31-34,49-50,58-59H,27-30H2. The average molecular weight is 825 g/mol. The Hall–Kier alpha value is -7.33. The molecule has 6 aromatic carbocycles. The Kier molecular flexibility index (Phi) is 12.4. The molecule has 0 bridgehead atoms. The maximum absolute atomic E-state index is 15.6. The highest BCUT2D eigenvalue weighted by Gasteiger charge is 2.35. The lowest BCUT2D eigenvalue weighted by molar-refractivity contribution is 0.101. The first kappa shape index (κ1) is 41.4. The van der Waals surface area contributed by atoms with Gasteiger partial charge in [-0.25, -0.2) is 8.78 Å². The Morgan fingerprint density at radius 2 is 0.758 bits per heavy atom. The topological polar surface area (TPSA) is 98.2 Å². The van der Waals surface area contributed by atoms with E-state index in [4.69, 9.17) is 0 Å². The molecule has 7 nitrogen and oxygen atoms in total. The normalized spacial score (nSPS) is 16.2. The molecular weight excluding hydrogens is 783 g/mol. The van der Waals surface area contributed by atoms with Crippen LogP contribution in [0.2, 0.25) is 0 Å². The molecule has 0 spiro atoms. The van der Waals surface area contributed by atoms with E-state index in [1.54, 1.807) is 168 Å². The van der Waals surface area contributed by atoms with Gasteiger partial charge in [0.2, 0.25) is 0 Å². The number of benzene rings is 6. The number of allylic oxidation sites excluding steroid dienone is 4. The van der Waals surface area contributed by atoms with E-state index in [0.29, 0.717) is 66.8 Å². The summed E-state index contributed by atoms with van der Waals surface area (Å²) in [5.41, 5.74) is 5.52. The molecule has 0 radical (unpaired) electrons. The first-order chi connectivity index (χ1) is 30.2. The fraction of sp³-hybridized carbons (Fsp3) is 0.113. The molecule has 2 heterocycles. The summed E-state index contributed by atoms with van der Waals surface area (Å²) in [6.07, 6.45) is 6.93. The van der Waals surface area contributed by atoms with Gasteiger partial charge in [0, 0.05) is 83.1 Å². The van der Waals surface area contributed by atoms with Crippen LogP contribution in [0.15, 0.2) is 194 Å². The third-order valence-electron chi connectivity index (χ3n) is 11.2. The first-order valence-electron chi connectivity index (χ1n) is 20.3. The Bertz CT molecular complexity index is 2550. The largest absolute Gasteiger partial charge is 0.395 e. The van der Waals surface area contributed by atoms with Gasteiger partial charge in [-0.05, 0) is 45.5 Å². The van der Waals surface area contributed by atoms with E-state index in [0.717, 1.165) is 0 Å². The lowest BCUT2D eigenvalue weighted by Crippen LogP contribution is -2.26. The highest BCUT2D eigenvalue weighted by molar-refractivity contribution is 6.13. The number of nitrogens with zero attached hydrogens (tertiary/aromatic N) is 2. The number of ketones is 3. The summed E-state index contributed by atoms with van der Waals surface area (Å²) in [7, 11) is 0. The van der Waals surface area contributed by atoms with E-state index in [1.807, 2.05) is 12.1 Å². The molecule has 2 aliphatic heterocycles. The molecule has 2 aliphatic rings. The Morgan fingerprint density at radius 3 is 1.11 bits per heavy atom. The van der Waals surface area contributed by atoms with Gasteiger partial charge >= 0.3 is 0 Å². The maximum atomic E-state index is 15.6. The summed E-state index contributed by atoms with van der Waals surface area (Å²) >= 11 is 0. The van der Waals surface area contributed by atoms with Gasteiger partial charge in [-0.1, -0.05) is 146 Å². The molecule has 2 atom stereocenters. The smallest absolute Gasteiger partial charge is 0.193 e. The highest BCUT2D eigenvalue weighted by atomic mass is 19.1. The second kappa shape index (κ2) is 18.5. The molecule has 8 rings (SSSR count). The van der Waals surface area contributed by atoms with Gasteiger partial charge in [0.15, 0.2) is 17.3 Å². The second-order valence-electron chi connectivity index (χ2n) is 15.0. The fourth-order valence-electron chi connectivity index (χ4n) is 8.17. The van der Waals surface area contributed by atoms with Gasteiger partial charge in [0.25, 0.3) is 0 Å². The number of rotatable bonds is 14. The zero-order chi connectivity index (χ0) is 43.2. The molecule has 2 unspecified atom stereocenters. The van der Waals surface area contributed by atoms with E-state index < -0.39 is 23.5 Å². The van der Waals surface area contributed by atoms with Crippen LogP contribution >= 0.6 is 0 Å². The fourth-order valence-corrected chi connectivity index (χ4v) is 8.17. The molecule has 9 heteroatoms. The quantitative estimate of drug-likeness (QED) is 0.106. The minimum absolute atomic E-state index is 0.185. The number of aliphatic hydroxyl groups is 2. The van der Waals surface area contributed by atoms with Gasteiger partial charge in [-0.3, -0.25) is 14.4 Å². The van der Waals surface area contributed by atoms with Crippen molar-refractivity contribution in [2.24, 2.45) is 0 Å². The predicted octanol–water partition coefficient (Wildman–Crippen LogP) is 9.59. The molecule has 62 heavy (non-hydrogen) atoms. The number of hydrogen-bond acceptors (Lipinski definition) is 7. The van der Waals surface area contributed by atoms with Gasteiger partial charge in [-0.15, -0.1) is 0 Å². The number of aliphatic hydroxyl groups excluding tert-OH is 2. The van der Waals surface area contributed by atoms with Crippen molar-refractivity contribution in [3.05, 3.63) is 250 Å². The molecule has 2 N–H and O–H groups in total. The summed E-state index contributed by atoms with van der Waals surface area (Å²) in [5, 5.41) is 19.8. The lowest BCUT2D eigenvalue weighted by atomic mass is 9.77. The summed E-state index contributed by atoms with van der Waals surface area (Å²) in [6.45, 7) is 0.0264. The zero-order valence-electron chi connectivity index (χ0n) is 33.6. The van der Waals surface area contributed by atoms with Crippen LogP contribution in [0, 0.1) is 11.6 Å². The Morgan fingerprint density at radius 1 is 0.419 bits per heavy atom. The number of halogens is 2. The highest BCUT2D eigenvalue weighted by Crippen LogP contribution is 2.45.